The van der Waals surface area contributed by atoms with Gasteiger partial charge in [-0.25, -0.2) is 9.78 Å². The molecule has 0 aliphatic heterocycles. The van der Waals surface area contributed by atoms with E-state index in [1.54, 1.807) is 6.07 Å². The molecule has 0 unspecified atom stereocenters. The zero-order valence-electron chi connectivity index (χ0n) is 12.2. The normalized spacial score (nSPS) is 10.1. The van der Waals surface area contributed by atoms with Gasteiger partial charge >= 0.3 is 11.7 Å². The molecule has 1 heterocycles. The number of anilines is 2. The van der Waals surface area contributed by atoms with Crippen LogP contribution in [0.4, 0.5) is 17.2 Å². The maximum atomic E-state index is 11.4. The highest BCUT2D eigenvalue weighted by molar-refractivity contribution is 5.90. The molecule has 1 aromatic heterocycles. The fourth-order valence-corrected chi connectivity index (χ4v) is 1.92. The van der Waals surface area contributed by atoms with Crippen LogP contribution in [0.25, 0.3) is 0 Å². The van der Waals surface area contributed by atoms with Crippen molar-refractivity contribution in [2.75, 3.05) is 12.4 Å². The van der Waals surface area contributed by atoms with Crippen molar-refractivity contribution in [2.45, 2.75) is 13.3 Å². The average molecular weight is 301 g/mol. The van der Waals surface area contributed by atoms with Crippen molar-refractivity contribution in [1.82, 2.24) is 4.98 Å². The lowest BCUT2D eigenvalue weighted by atomic mass is 10.1. The van der Waals surface area contributed by atoms with Crippen molar-refractivity contribution in [3.05, 3.63) is 57.8 Å². The number of carbonyl (C=O) groups excluding carboxylic acids is 1. The molecule has 0 bridgehead atoms. The average Bonchev–Trinajstić information content (AvgIpc) is 2.54. The number of nitrogens with zero attached hydrogens (tertiary/aromatic N) is 2. The van der Waals surface area contributed by atoms with E-state index in [4.69, 9.17) is 0 Å². The molecule has 7 heteroatoms. The molecule has 22 heavy (non-hydrogen) atoms. The number of rotatable bonds is 5. The van der Waals surface area contributed by atoms with Gasteiger partial charge in [-0.05, 0) is 24.1 Å². The minimum atomic E-state index is -0.671. The van der Waals surface area contributed by atoms with Gasteiger partial charge in [0, 0.05) is 18.0 Å². The molecule has 0 saturated heterocycles. The van der Waals surface area contributed by atoms with E-state index in [0.717, 1.165) is 18.1 Å². The molecule has 1 aromatic carbocycles. The number of pyridine rings is 1. The van der Waals surface area contributed by atoms with Gasteiger partial charge < -0.3 is 10.1 Å². The van der Waals surface area contributed by atoms with Crippen LogP contribution in [0.5, 0.6) is 0 Å². The van der Waals surface area contributed by atoms with E-state index in [1.807, 2.05) is 25.1 Å². The Morgan fingerprint density at radius 3 is 2.82 bits per heavy atom. The first-order valence-electron chi connectivity index (χ1n) is 6.64. The molecule has 7 nitrogen and oxygen atoms in total. The van der Waals surface area contributed by atoms with E-state index < -0.39 is 10.9 Å². The molecular weight excluding hydrogens is 286 g/mol. The molecular formula is C15H15N3O4. The zero-order chi connectivity index (χ0) is 16.1. The summed E-state index contributed by atoms with van der Waals surface area (Å²) in [6.07, 6.45) is 2.09. The van der Waals surface area contributed by atoms with E-state index in [0.29, 0.717) is 5.69 Å². The second kappa shape index (κ2) is 6.66. The van der Waals surface area contributed by atoms with Crippen LogP contribution in [0.1, 0.15) is 22.8 Å². The summed E-state index contributed by atoms with van der Waals surface area (Å²) in [6, 6.07) is 8.65. The second-order valence-corrected chi connectivity index (χ2v) is 4.52. The molecule has 1 N–H and O–H groups in total. The van der Waals surface area contributed by atoms with Gasteiger partial charge in [0.2, 0.25) is 5.82 Å². The van der Waals surface area contributed by atoms with Crippen LogP contribution in [0.2, 0.25) is 0 Å². The molecule has 2 aromatic rings. The maximum Gasteiger partial charge on any atom is 0.339 e. The molecule has 114 valence electrons. The first kappa shape index (κ1) is 15.4. The van der Waals surface area contributed by atoms with Crippen LogP contribution >= 0.6 is 0 Å². The van der Waals surface area contributed by atoms with Crippen molar-refractivity contribution in [3.8, 4) is 0 Å². The monoisotopic (exact) mass is 301 g/mol. The topological polar surface area (TPSA) is 94.4 Å². The molecule has 0 radical (unpaired) electrons. The van der Waals surface area contributed by atoms with E-state index in [1.165, 1.54) is 13.3 Å². The number of carbonyl (C=O) groups is 1. The van der Waals surface area contributed by atoms with Crippen molar-refractivity contribution >= 4 is 23.2 Å². The predicted octanol–water partition coefficient (Wildman–Crippen LogP) is 3.08. The summed E-state index contributed by atoms with van der Waals surface area (Å²) >= 11 is 0. The van der Waals surface area contributed by atoms with Crippen LogP contribution in [-0.2, 0) is 11.2 Å². The molecule has 0 amide bonds. The summed E-state index contributed by atoms with van der Waals surface area (Å²) in [5, 5.41) is 14.1. The predicted molar refractivity (Wildman–Crippen MR) is 81.3 cm³/mol. The second-order valence-electron chi connectivity index (χ2n) is 4.52. The van der Waals surface area contributed by atoms with E-state index >= 15 is 0 Å². The van der Waals surface area contributed by atoms with Gasteiger partial charge in [0.15, 0.2) is 0 Å². The highest BCUT2D eigenvalue weighted by Gasteiger charge is 2.19. The van der Waals surface area contributed by atoms with Crippen LogP contribution in [0.3, 0.4) is 0 Å². The largest absolute Gasteiger partial charge is 0.465 e. The molecule has 0 spiro atoms. The fraction of sp³-hybridized carbons (Fsp3) is 0.200. The number of nitro groups is 1. The number of ether oxygens (including phenoxy) is 1. The van der Waals surface area contributed by atoms with E-state index in [2.05, 4.69) is 15.0 Å². The highest BCUT2D eigenvalue weighted by atomic mass is 16.6. The van der Waals surface area contributed by atoms with Crippen molar-refractivity contribution in [3.63, 3.8) is 0 Å². The number of hydrogen-bond acceptors (Lipinski definition) is 6. The van der Waals surface area contributed by atoms with Gasteiger partial charge in [-0.2, -0.15) is 0 Å². The van der Waals surface area contributed by atoms with Gasteiger partial charge in [0.25, 0.3) is 0 Å². The maximum absolute atomic E-state index is 11.4. The lowest BCUT2D eigenvalue weighted by molar-refractivity contribution is -0.384. The lowest BCUT2D eigenvalue weighted by Crippen LogP contribution is -2.06. The molecule has 0 aliphatic rings. The van der Waals surface area contributed by atoms with Gasteiger partial charge in [0.1, 0.15) is 0 Å². The van der Waals surface area contributed by atoms with E-state index in [-0.39, 0.29) is 17.1 Å². The third-order valence-corrected chi connectivity index (χ3v) is 3.08. The minimum absolute atomic E-state index is 0.0297. The highest BCUT2D eigenvalue weighted by Crippen LogP contribution is 2.26. The van der Waals surface area contributed by atoms with Gasteiger partial charge in [-0.1, -0.05) is 19.1 Å². The Kier molecular flexibility index (Phi) is 4.67. The Bertz CT molecular complexity index is 716. The standard InChI is InChI=1S/C15H15N3O4/c1-3-10-5-4-6-12(7-10)17-14-13(18(20)21)8-11(9-16-14)15(19)22-2/h4-9H,3H2,1-2H3,(H,16,17). The van der Waals surface area contributed by atoms with Crippen LogP contribution in [0.15, 0.2) is 36.5 Å². The Morgan fingerprint density at radius 1 is 1.41 bits per heavy atom. The summed E-state index contributed by atoms with van der Waals surface area (Å²) in [6.45, 7) is 2.02. The number of hydrogen-bond donors (Lipinski definition) is 1. The quantitative estimate of drug-likeness (QED) is 0.518. The van der Waals surface area contributed by atoms with Crippen molar-refractivity contribution < 1.29 is 14.5 Å². The molecule has 2 rings (SSSR count). The number of aryl methyl sites for hydroxylation is 1. The molecule has 0 atom stereocenters. The summed E-state index contributed by atoms with van der Waals surface area (Å²) < 4.78 is 4.54. The zero-order valence-corrected chi connectivity index (χ0v) is 12.2. The Labute approximate surface area is 127 Å². The number of benzene rings is 1. The van der Waals surface area contributed by atoms with Crippen LogP contribution < -0.4 is 5.32 Å². The Balaban J connectivity index is 2.37. The van der Waals surface area contributed by atoms with Crippen molar-refractivity contribution in [1.29, 1.82) is 0 Å². The first-order valence-corrected chi connectivity index (χ1v) is 6.64. The number of nitrogens with one attached hydrogen (secondary N) is 1. The van der Waals surface area contributed by atoms with Gasteiger partial charge in [-0.3, -0.25) is 10.1 Å². The SMILES string of the molecule is CCc1cccc(Nc2ncc(C(=O)OC)cc2[N+](=O)[O-])c1. The third-order valence-electron chi connectivity index (χ3n) is 3.08. The third kappa shape index (κ3) is 3.38. The van der Waals surface area contributed by atoms with Crippen LogP contribution in [-0.4, -0.2) is 23.0 Å². The summed E-state index contributed by atoms with van der Waals surface area (Å²) in [4.78, 5) is 26.0. The van der Waals surface area contributed by atoms with Gasteiger partial charge in [-0.15, -0.1) is 0 Å². The number of methoxy groups -OCH3 is 1. The van der Waals surface area contributed by atoms with Gasteiger partial charge in [0.05, 0.1) is 17.6 Å². The van der Waals surface area contributed by atoms with E-state index in [9.17, 15) is 14.9 Å². The Hall–Kier alpha value is -2.96. The molecule has 0 fully saturated rings. The number of esters is 1. The fourth-order valence-electron chi connectivity index (χ4n) is 1.92. The van der Waals surface area contributed by atoms with Crippen molar-refractivity contribution in [2.24, 2.45) is 0 Å². The minimum Gasteiger partial charge on any atom is -0.465 e. The summed E-state index contributed by atoms with van der Waals surface area (Å²) in [7, 11) is 1.20. The summed E-state index contributed by atoms with van der Waals surface area (Å²) in [5.74, 6) is -0.596. The lowest BCUT2D eigenvalue weighted by Gasteiger charge is -2.08. The van der Waals surface area contributed by atoms with Crippen LogP contribution in [0, 0.1) is 10.1 Å². The molecule has 0 saturated carbocycles. The summed E-state index contributed by atoms with van der Waals surface area (Å²) in [5.41, 5.74) is 1.53. The first-order chi connectivity index (χ1) is 10.5. The Morgan fingerprint density at radius 2 is 2.18 bits per heavy atom. The smallest absolute Gasteiger partial charge is 0.339 e. The number of aromatic nitrogens is 1. The molecule has 0 aliphatic carbocycles.